The van der Waals surface area contributed by atoms with E-state index in [4.69, 9.17) is 18.9 Å². The van der Waals surface area contributed by atoms with Gasteiger partial charge < -0.3 is 23.8 Å². The Hall–Kier alpha value is -3.22. The molecule has 0 atom stereocenters. The number of carbonyl (C=O) groups is 2. The first-order valence-electron chi connectivity index (χ1n) is 11.4. The summed E-state index contributed by atoms with van der Waals surface area (Å²) in [6, 6.07) is 11.3. The van der Waals surface area contributed by atoms with Crippen LogP contribution in [0.15, 0.2) is 36.4 Å². The second-order valence-corrected chi connectivity index (χ2v) is 8.73. The van der Waals surface area contributed by atoms with E-state index in [0.29, 0.717) is 68.2 Å². The summed E-state index contributed by atoms with van der Waals surface area (Å²) in [6.45, 7) is 3.68. The number of amides is 1. The van der Waals surface area contributed by atoms with Crippen LogP contribution in [-0.2, 0) is 4.79 Å². The number of fused-ring (bicyclic) bond motifs is 1. The van der Waals surface area contributed by atoms with Gasteiger partial charge in [0.15, 0.2) is 5.78 Å². The highest BCUT2D eigenvalue weighted by molar-refractivity contribution is 6.03. The highest BCUT2D eigenvalue weighted by atomic mass is 16.5. The maximum absolute atomic E-state index is 13.0. The molecule has 33 heavy (non-hydrogen) atoms. The fourth-order valence-electron chi connectivity index (χ4n) is 4.50. The zero-order chi connectivity index (χ0) is 23.4. The van der Waals surface area contributed by atoms with Gasteiger partial charge in [0, 0.05) is 44.5 Å². The molecule has 1 spiro atoms. The van der Waals surface area contributed by atoms with Gasteiger partial charge in [-0.25, -0.2) is 0 Å². The fourth-order valence-corrected chi connectivity index (χ4v) is 4.50. The molecule has 2 aromatic rings. The van der Waals surface area contributed by atoms with E-state index in [-0.39, 0.29) is 18.1 Å². The number of hydrogen-bond acceptors (Lipinski definition) is 6. The number of rotatable bonds is 7. The van der Waals surface area contributed by atoms with Crippen molar-refractivity contribution in [3.8, 4) is 23.0 Å². The summed E-state index contributed by atoms with van der Waals surface area (Å²) in [5.74, 6) is 2.48. The Balaban J connectivity index is 1.30. The van der Waals surface area contributed by atoms with Crippen molar-refractivity contribution in [2.45, 2.75) is 44.6 Å². The van der Waals surface area contributed by atoms with Gasteiger partial charge in [-0.3, -0.25) is 9.59 Å². The first-order valence-corrected chi connectivity index (χ1v) is 11.4. The molecule has 1 saturated heterocycles. The lowest BCUT2D eigenvalue weighted by Gasteiger charge is -2.44. The van der Waals surface area contributed by atoms with E-state index >= 15 is 0 Å². The zero-order valence-corrected chi connectivity index (χ0v) is 19.5. The second-order valence-electron chi connectivity index (χ2n) is 8.73. The lowest BCUT2D eigenvalue weighted by atomic mass is 9.82. The van der Waals surface area contributed by atoms with Crippen molar-refractivity contribution in [1.29, 1.82) is 0 Å². The summed E-state index contributed by atoms with van der Waals surface area (Å²) in [4.78, 5) is 27.5. The van der Waals surface area contributed by atoms with Crippen molar-refractivity contribution in [3.05, 3.63) is 47.5 Å². The first kappa shape index (κ1) is 23.0. The Morgan fingerprint density at radius 1 is 1.06 bits per heavy atom. The molecular weight excluding hydrogens is 422 g/mol. The molecule has 7 heteroatoms. The van der Waals surface area contributed by atoms with Gasteiger partial charge in [-0.15, -0.1) is 0 Å². The quantitative estimate of drug-likeness (QED) is 0.585. The molecule has 0 aliphatic carbocycles. The summed E-state index contributed by atoms with van der Waals surface area (Å²) in [6.07, 6.45) is 2.62. The van der Waals surface area contributed by atoms with Gasteiger partial charge in [-0.05, 0) is 25.5 Å². The van der Waals surface area contributed by atoms with E-state index in [0.717, 1.165) is 5.75 Å². The lowest BCUT2D eigenvalue weighted by molar-refractivity contribution is -0.135. The predicted molar refractivity (Wildman–Crippen MR) is 124 cm³/mol. The van der Waals surface area contributed by atoms with Gasteiger partial charge in [0.25, 0.3) is 0 Å². The van der Waals surface area contributed by atoms with E-state index in [1.165, 1.54) is 12.7 Å². The van der Waals surface area contributed by atoms with Gasteiger partial charge in [0.2, 0.25) is 5.91 Å². The smallest absolute Gasteiger partial charge is 0.222 e. The molecule has 0 bridgehead atoms. The molecule has 2 aromatic carbocycles. The number of ether oxygens (including phenoxy) is 4. The molecule has 0 saturated carbocycles. The molecule has 176 valence electrons. The molecule has 0 N–H and O–H groups in total. The van der Waals surface area contributed by atoms with Crippen molar-refractivity contribution in [1.82, 2.24) is 4.90 Å². The Morgan fingerprint density at radius 2 is 1.79 bits per heavy atom. The molecule has 7 nitrogen and oxygen atoms in total. The van der Waals surface area contributed by atoms with Crippen LogP contribution in [-0.4, -0.2) is 56.1 Å². The van der Waals surface area contributed by atoms with Gasteiger partial charge in [-0.1, -0.05) is 17.7 Å². The van der Waals surface area contributed by atoms with E-state index in [1.807, 2.05) is 36.1 Å². The second kappa shape index (κ2) is 9.73. The van der Waals surface area contributed by atoms with E-state index in [2.05, 4.69) is 0 Å². The standard InChI is InChI=1S/C26H31NO6/c1-18-6-8-19(9-7-18)32-14-4-5-24(29)27-12-10-26(11-13-27)17-21(28)25-22(31-3)15-20(30-2)16-23(25)33-26/h6-9,15-16H,4-5,10-14,17H2,1-3H3. The number of Topliss-reactive ketones (excluding diaryl/α,β-unsaturated/α-hetero) is 1. The van der Waals surface area contributed by atoms with E-state index in [1.54, 1.807) is 19.2 Å². The van der Waals surface area contributed by atoms with Crippen LogP contribution in [0.25, 0.3) is 0 Å². The Bertz CT molecular complexity index is 1010. The molecule has 0 aromatic heterocycles. The summed E-state index contributed by atoms with van der Waals surface area (Å²) < 4.78 is 22.8. The fraction of sp³-hybridized carbons (Fsp3) is 0.462. The Labute approximate surface area is 194 Å². The van der Waals surface area contributed by atoms with Crippen LogP contribution in [0.1, 0.15) is 48.0 Å². The third kappa shape index (κ3) is 5.07. The number of hydrogen-bond donors (Lipinski definition) is 0. The summed E-state index contributed by atoms with van der Waals surface area (Å²) in [7, 11) is 3.10. The number of carbonyl (C=O) groups excluding carboxylic acids is 2. The summed E-state index contributed by atoms with van der Waals surface area (Å²) in [5, 5.41) is 0. The molecule has 2 aliphatic heterocycles. The molecule has 1 fully saturated rings. The van der Waals surface area contributed by atoms with Gasteiger partial charge >= 0.3 is 0 Å². The maximum atomic E-state index is 13.0. The average Bonchev–Trinajstić information content (AvgIpc) is 2.82. The van der Waals surface area contributed by atoms with Crippen LogP contribution in [0.2, 0.25) is 0 Å². The zero-order valence-electron chi connectivity index (χ0n) is 19.5. The van der Waals surface area contributed by atoms with E-state index in [9.17, 15) is 9.59 Å². The van der Waals surface area contributed by atoms with Crippen LogP contribution in [0, 0.1) is 6.92 Å². The topological polar surface area (TPSA) is 74.3 Å². The number of benzene rings is 2. The van der Waals surface area contributed by atoms with Crippen LogP contribution in [0.5, 0.6) is 23.0 Å². The number of nitrogens with zero attached hydrogens (tertiary/aromatic N) is 1. The maximum Gasteiger partial charge on any atom is 0.222 e. The largest absolute Gasteiger partial charge is 0.496 e. The first-order chi connectivity index (χ1) is 15.9. The molecule has 2 heterocycles. The van der Waals surface area contributed by atoms with Crippen molar-refractivity contribution in [2.24, 2.45) is 0 Å². The summed E-state index contributed by atoms with van der Waals surface area (Å²) in [5.41, 5.74) is 1.06. The Kier molecular flexibility index (Phi) is 6.77. The SMILES string of the molecule is COc1cc(OC)c2c(c1)OC1(CCN(C(=O)CCCOc3ccc(C)cc3)CC1)CC2=O. The number of likely N-dealkylation sites (tertiary alicyclic amines) is 1. The van der Waals surface area contributed by atoms with Crippen molar-refractivity contribution in [2.75, 3.05) is 33.9 Å². The van der Waals surface area contributed by atoms with Gasteiger partial charge in [0.05, 0.1) is 27.2 Å². The number of methoxy groups -OCH3 is 2. The van der Waals surface area contributed by atoms with Crippen LogP contribution in [0.4, 0.5) is 0 Å². The van der Waals surface area contributed by atoms with Gasteiger partial charge in [0.1, 0.15) is 34.2 Å². The third-order valence-corrected chi connectivity index (χ3v) is 6.44. The number of aryl methyl sites for hydroxylation is 1. The lowest BCUT2D eigenvalue weighted by Crippen LogP contribution is -2.52. The summed E-state index contributed by atoms with van der Waals surface area (Å²) >= 11 is 0. The molecule has 1 amide bonds. The van der Waals surface area contributed by atoms with Gasteiger partial charge in [-0.2, -0.15) is 0 Å². The molecular formula is C26H31NO6. The van der Waals surface area contributed by atoms with Crippen LogP contribution >= 0.6 is 0 Å². The van der Waals surface area contributed by atoms with Crippen molar-refractivity contribution in [3.63, 3.8) is 0 Å². The van der Waals surface area contributed by atoms with E-state index < -0.39 is 5.60 Å². The highest BCUT2D eigenvalue weighted by Crippen LogP contribution is 2.44. The number of piperidine rings is 1. The molecule has 4 rings (SSSR count). The minimum atomic E-state index is -0.590. The molecule has 2 aliphatic rings. The molecule has 0 radical (unpaired) electrons. The normalized spacial score (nSPS) is 16.7. The third-order valence-electron chi connectivity index (χ3n) is 6.44. The van der Waals surface area contributed by atoms with Crippen LogP contribution < -0.4 is 18.9 Å². The predicted octanol–water partition coefficient (Wildman–Crippen LogP) is 4.20. The van der Waals surface area contributed by atoms with Crippen molar-refractivity contribution < 1.29 is 28.5 Å². The number of ketones is 1. The molecule has 0 unspecified atom stereocenters. The van der Waals surface area contributed by atoms with Crippen molar-refractivity contribution >= 4 is 11.7 Å². The Morgan fingerprint density at radius 3 is 2.45 bits per heavy atom. The monoisotopic (exact) mass is 453 g/mol. The van der Waals surface area contributed by atoms with Crippen LogP contribution in [0.3, 0.4) is 0 Å². The minimum Gasteiger partial charge on any atom is -0.496 e. The minimum absolute atomic E-state index is 0.00350. The average molecular weight is 454 g/mol. The highest BCUT2D eigenvalue weighted by Gasteiger charge is 2.44.